The summed E-state index contributed by atoms with van der Waals surface area (Å²) < 4.78 is 0. The normalized spacial score (nSPS) is 19.8. The molecule has 1 saturated heterocycles. The van der Waals surface area contributed by atoms with Gasteiger partial charge in [0.1, 0.15) is 0 Å². The molecule has 1 atom stereocenters. The summed E-state index contributed by atoms with van der Waals surface area (Å²) >= 11 is 0. The molecule has 0 aromatic heterocycles. The second-order valence-corrected chi connectivity index (χ2v) is 4.45. The van der Waals surface area contributed by atoms with Gasteiger partial charge in [0.2, 0.25) is 0 Å². The van der Waals surface area contributed by atoms with Crippen LogP contribution in [-0.2, 0) is 0 Å². The molecule has 0 saturated carbocycles. The zero-order valence-corrected chi connectivity index (χ0v) is 9.39. The summed E-state index contributed by atoms with van der Waals surface area (Å²) in [7, 11) is 0. The second-order valence-electron chi connectivity index (χ2n) is 4.45. The van der Waals surface area contributed by atoms with Crippen LogP contribution in [0.1, 0.15) is 52.4 Å². The molecule has 1 fully saturated rings. The van der Waals surface area contributed by atoms with Gasteiger partial charge in [-0.3, -0.25) is 0 Å². The number of rotatable bonds is 7. The van der Waals surface area contributed by atoms with Gasteiger partial charge >= 0.3 is 0 Å². The standard InChI is InChI=1S/C12H25N/c1-3-5-8-12(7-4-2)11-13-9-6-10-13/h12H,3-11H2,1-2H3. The highest BCUT2D eigenvalue weighted by Crippen LogP contribution is 2.19. The van der Waals surface area contributed by atoms with Gasteiger partial charge in [0, 0.05) is 6.54 Å². The highest BCUT2D eigenvalue weighted by Gasteiger charge is 2.17. The summed E-state index contributed by atoms with van der Waals surface area (Å²) in [4.78, 5) is 2.62. The minimum Gasteiger partial charge on any atom is -0.303 e. The maximum Gasteiger partial charge on any atom is 0.000967 e. The molecule has 0 aromatic carbocycles. The van der Waals surface area contributed by atoms with Gasteiger partial charge in [-0.1, -0.05) is 33.1 Å². The van der Waals surface area contributed by atoms with Crippen molar-refractivity contribution in [3.05, 3.63) is 0 Å². The Morgan fingerprint density at radius 3 is 2.31 bits per heavy atom. The smallest absolute Gasteiger partial charge is 0.000967 e. The molecule has 0 aliphatic carbocycles. The third-order valence-electron chi connectivity index (χ3n) is 3.13. The van der Waals surface area contributed by atoms with Crippen molar-refractivity contribution < 1.29 is 0 Å². The lowest BCUT2D eigenvalue weighted by molar-refractivity contribution is 0.143. The maximum atomic E-state index is 2.62. The molecule has 1 unspecified atom stereocenters. The zero-order valence-electron chi connectivity index (χ0n) is 9.39. The molecule has 0 N–H and O–H groups in total. The first kappa shape index (κ1) is 11.0. The molecular weight excluding hydrogens is 158 g/mol. The molecule has 0 amide bonds. The third-order valence-corrected chi connectivity index (χ3v) is 3.13. The summed E-state index contributed by atoms with van der Waals surface area (Å²) in [5, 5.41) is 0. The van der Waals surface area contributed by atoms with Crippen molar-refractivity contribution in [3.63, 3.8) is 0 Å². The first-order valence-corrected chi connectivity index (χ1v) is 6.09. The zero-order chi connectivity index (χ0) is 9.52. The van der Waals surface area contributed by atoms with Crippen LogP contribution in [0.4, 0.5) is 0 Å². The molecule has 13 heavy (non-hydrogen) atoms. The van der Waals surface area contributed by atoms with Crippen LogP contribution in [0.15, 0.2) is 0 Å². The molecule has 1 heterocycles. The van der Waals surface area contributed by atoms with Gasteiger partial charge < -0.3 is 4.90 Å². The fourth-order valence-electron chi connectivity index (χ4n) is 2.16. The van der Waals surface area contributed by atoms with Crippen LogP contribution in [0.3, 0.4) is 0 Å². The van der Waals surface area contributed by atoms with E-state index in [4.69, 9.17) is 0 Å². The van der Waals surface area contributed by atoms with Crippen molar-refractivity contribution in [2.45, 2.75) is 52.4 Å². The highest BCUT2D eigenvalue weighted by atomic mass is 15.2. The molecule has 0 aromatic rings. The Hall–Kier alpha value is -0.0400. The molecule has 1 heteroatoms. The van der Waals surface area contributed by atoms with E-state index in [1.807, 2.05) is 0 Å². The van der Waals surface area contributed by atoms with Crippen LogP contribution in [0.5, 0.6) is 0 Å². The first-order valence-electron chi connectivity index (χ1n) is 6.09. The Bertz CT molecular complexity index is 118. The van der Waals surface area contributed by atoms with E-state index >= 15 is 0 Å². The monoisotopic (exact) mass is 183 g/mol. The number of unbranched alkanes of at least 4 members (excludes halogenated alkanes) is 1. The van der Waals surface area contributed by atoms with Crippen LogP contribution < -0.4 is 0 Å². The molecule has 78 valence electrons. The van der Waals surface area contributed by atoms with Crippen LogP contribution in [0, 0.1) is 5.92 Å². The van der Waals surface area contributed by atoms with Gasteiger partial charge in [0.25, 0.3) is 0 Å². The molecule has 0 radical (unpaired) electrons. The Morgan fingerprint density at radius 1 is 1.08 bits per heavy atom. The van der Waals surface area contributed by atoms with Crippen LogP contribution in [0.25, 0.3) is 0 Å². The fraction of sp³-hybridized carbons (Fsp3) is 1.00. The average Bonchev–Trinajstić information content (AvgIpc) is 2.07. The van der Waals surface area contributed by atoms with Gasteiger partial charge in [-0.25, -0.2) is 0 Å². The predicted octanol–water partition coefficient (Wildman–Crippen LogP) is 3.30. The first-order chi connectivity index (χ1) is 6.36. The van der Waals surface area contributed by atoms with Crippen molar-refractivity contribution in [2.75, 3.05) is 19.6 Å². The van der Waals surface area contributed by atoms with Crippen molar-refractivity contribution in [1.82, 2.24) is 4.90 Å². The minimum atomic E-state index is 0.991. The molecule has 1 aliphatic rings. The van der Waals surface area contributed by atoms with E-state index in [1.165, 1.54) is 58.2 Å². The Balaban J connectivity index is 2.11. The summed E-state index contributed by atoms with van der Waals surface area (Å²) in [6.07, 6.45) is 8.49. The van der Waals surface area contributed by atoms with E-state index < -0.39 is 0 Å². The van der Waals surface area contributed by atoms with Gasteiger partial charge in [-0.05, 0) is 38.3 Å². The van der Waals surface area contributed by atoms with Crippen LogP contribution in [-0.4, -0.2) is 24.5 Å². The van der Waals surface area contributed by atoms with Crippen molar-refractivity contribution >= 4 is 0 Å². The molecule has 1 aliphatic heterocycles. The Labute approximate surface area is 83.5 Å². The summed E-state index contributed by atoms with van der Waals surface area (Å²) in [6.45, 7) is 8.73. The lowest BCUT2D eigenvalue weighted by Crippen LogP contribution is -2.40. The SMILES string of the molecule is CCCCC(CCC)CN1CCC1. The van der Waals surface area contributed by atoms with Crippen molar-refractivity contribution in [2.24, 2.45) is 5.92 Å². The molecule has 0 bridgehead atoms. The summed E-state index contributed by atoms with van der Waals surface area (Å²) in [6, 6.07) is 0. The number of hydrogen-bond acceptors (Lipinski definition) is 1. The van der Waals surface area contributed by atoms with Gasteiger partial charge in [0.05, 0.1) is 0 Å². The minimum absolute atomic E-state index is 0.991. The lowest BCUT2D eigenvalue weighted by atomic mass is 9.95. The van der Waals surface area contributed by atoms with Crippen molar-refractivity contribution in [3.8, 4) is 0 Å². The van der Waals surface area contributed by atoms with Gasteiger partial charge in [-0.15, -0.1) is 0 Å². The Kier molecular flexibility index (Phi) is 5.45. The quantitative estimate of drug-likeness (QED) is 0.585. The lowest BCUT2D eigenvalue weighted by Gasteiger charge is -2.34. The predicted molar refractivity (Wildman–Crippen MR) is 59.0 cm³/mol. The van der Waals surface area contributed by atoms with E-state index in [1.54, 1.807) is 0 Å². The summed E-state index contributed by atoms with van der Waals surface area (Å²) in [5.41, 5.74) is 0. The largest absolute Gasteiger partial charge is 0.303 e. The third kappa shape index (κ3) is 4.12. The van der Waals surface area contributed by atoms with Crippen molar-refractivity contribution in [1.29, 1.82) is 0 Å². The van der Waals surface area contributed by atoms with E-state index in [0.717, 1.165) is 5.92 Å². The number of nitrogens with zero attached hydrogens (tertiary/aromatic N) is 1. The van der Waals surface area contributed by atoms with E-state index in [-0.39, 0.29) is 0 Å². The van der Waals surface area contributed by atoms with E-state index in [9.17, 15) is 0 Å². The summed E-state index contributed by atoms with van der Waals surface area (Å²) in [5.74, 6) is 0.991. The molecular formula is C12H25N. The fourth-order valence-corrected chi connectivity index (χ4v) is 2.16. The van der Waals surface area contributed by atoms with Gasteiger partial charge in [0.15, 0.2) is 0 Å². The average molecular weight is 183 g/mol. The number of likely N-dealkylation sites (tertiary alicyclic amines) is 1. The topological polar surface area (TPSA) is 3.24 Å². The van der Waals surface area contributed by atoms with Crippen LogP contribution >= 0.6 is 0 Å². The van der Waals surface area contributed by atoms with Crippen LogP contribution in [0.2, 0.25) is 0 Å². The molecule has 1 rings (SSSR count). The maximum absolute atomic E-state index is 2.62. The van der Waals surface area contributed by atoms with E-state index in [0.29, 0.717) is 0 Å². The molecule has 1 nitrogen and oxygen atoms in total. The molecule has 0 spiro atoms. The number of hydrogen-bond donors (Lipinski definition) is 0. The van der Waals surface area contributed by atoms with E-state index in [2.05, 4.69) is 18.7 Å². The Morgan fingerprint density at radius 2 is 1.85 bits per heavy atom. The highest BCUT2D eigenvalue weighted by molar-refractivity contribution is 4.72. The second kappa shape index (κ2) is 6.42. The van der Waals surface area contributed by atoms with Gasteiger partial charge in [-0.2, -0.15) is 0 Å².